The smallest absolute Gasteiger partial charge is 0.341 e. The molecule has 0 aliphatic heterocycles. The molecule has 0 bridgehead atoms. The highest BCUT2D eigenvalue weighted by Crippen LogP contribution is 2.33. The van der Waals surface area contributed by atoms with Gasteiger partial charge in [-0.1, -0.05) is 48.3 Å². The van der Waals surface area contributed by atoms with Gasteiger partial charge in [-0.25, -0.2) is 9.78 Å². The maximum atomic E-state index is 12.6. The van der Waals surface area contributed by atoms with E-state index in [0.29, 0.717) is 15.6 Å². The van der Waals surface area contributed by atoms with Gasteiger partial charge < -0.3 is 10.1 Å². The van der Waals surface area contributed by atoms with Gasteiger partial charge in [-0.2, -0.15) is 0 Å². The summed E-state index contributed by atoms with van der Waals surface area (Å²) in [5.74, 6) is -0.842. The number of esters is 1. The van der Waals surface area contributed by atoms with E-state index in [9.17, 15) is 9.59 Å². The van der Waals surface area contributed by atoms with Crippen LogP contribution in [0.1, 0.15) is 43.0 Å². The Hall–Kier alpha value is -2.05. The number of halogens is 1. The van der Waals surface area contributed by atoms with E-state index in [1.165, 1.54) is 11.8 Å². The lowest BCUT2D eigenvalue weighted by Gasteiger charge is -2.17. The van der Waals surface area contributed by atoms with Gasteiger partial charge in [0.2, 0.25) is 0 Å². The SMILES string of the molecule is C[C@H](OC(=O)c1cccnc1Sc1ccccc1Cl)C(=O)NC1CCCC1. The van der Waals surface area contributed by atoms with Crippen LogP contribution in [0.25, 0.3) is 0 Å². The first kappa shape index (κ1) is 19.7. The molecule has 27 heavy (non-hydrogen) atoms. The number of rotatable bonds is 6. The summed E-state index contributed by atoms with van der Waals surface area (Å²) in [6.07, 6.45) is 4.94. The minimum atomic E-state index is -0.864. The third-order valence-electron chi connectivity index (χ3n) is 4.39. The second kappa shape index (κ2) is 9.24. The largest absolute Gasteiger partial charge is 0.449 e. The zero-order valence-corrected chi connectivity index (χ0v) is 16.6. The van der Waals surface area contributed by atoms with Gasteiger partial charge in [0, 0.05) is 17.1 Å². The monoisotopic (exact) mass is 404 g/mol. The van der Waals surface area contributed by atoms with Crippen LogP contribution in [0, 0.1) is 0 Å². The number of carbonyl (C=O) groups excluding carboxylic acids is 2. The fraction of sp³-hybridized carbons (Fsp3) is 0.350. The average Bonchev–Trinajstić information content (AvgIpc) is 3.17. The molecule has 7 heteroatoms. The average molecular weight is 405 g/mol. The molecule has 2 aromatic rings. The van der Waals surface area contributed by atoms with Gasteiger partial charge in [-0.15, -0.1) is 0 Å². The molecule has 5 nitrogen and oxygen atoms in total. The zero-order valence-electron chi connectivity index (χ0n) is 15.0. The van der Waals surface area contributed by atoms with Crippen LogP contribution < -0.4 is 5.32 Å². The number of hydrogen-bond acceptors (Lipinski definition) is 5. The van der Waals surface area contributed by atoms with Gasteiger partial charge in [0.15, 0.2) is 6.10 Å². The molecular weight excluding hydrogens is 384 g/mol. The van der Waals surface area contributed by atoms with E-state index in [1.54, 1.807) is 31.3 Å². The Labute approximate surface area is 167 Å². The standard InChI is InChI=1S/C20H21ClN2O3S/c1-13(18(24)23-14-7-2-3-8-14)26-20(25)15-9-6-12-22-19(15)27-17-11-5-4-10-16(17)21/h4-6,9-14H,2-3,7-8H2,1H3,(H,23,24)/t13-/m0/s1. The fourth-order valence-electron chi connectivity index (χ4n) is 2.93. The van der Waals surface area contributed by atoms with Gasteiger partial charge in [0.05, 0.1) is 10.6 Å². The molecule has 1 aliphatic carbocycles. The van der Waals surface area contributed by atoms with Gasteiger partial charge >= 0.3 is 5.97 Å². The van der Waals surface area contributed by atoms with Crippen molar-refractivity contribution < 1.29 is 14.3 Å². The normalized spacial score (nSPS) is 15.3. The Bertz CT molecular complexity index is 824. The molecule has 1 N–H and O–H groups in total. The molecule has 0 unspecified atom stereocenters. The lowest BCUT2D eigenvalue weighted by molar-refractivity contribution is -0.129. The lowest BCUT2D eigenvalue weighted by Crippen LogP contribution is -2.40. The Morgan fingerprint density at radius 3 is 2.70 bits per heavy atom. The molecule has 142 valence electrons. The summed E-state index contributed by atoms with van der Waals surface area (Å²) in [7, 11) is 0. The number of nitrogens with zero attached hydrogens (tertiary/aromatic N) is 1. The van der Waals surface area contributed by atoms with Crippen LogP contribution in [0.15, 0.2) is 52.5 Å². The van der Waals surface area contributed by atoms with Gasteiger partial charge in [-0.05, 0) is 44.0 Å². The van der Waals surface area contributed by atoms with Crippen molar-refractivity contribution in [1.29, 1.82) is 0 Å². The van der Waals surface area contributed by atoms with Crippen LogP contribution >= 0.6 is 23.4 Å². The lowest BCUT2D eigenvalue weighted by atomic mass is 10.2. The molecule has 1 aromatic carbocycles. The number of benzene rings is 1. The van der Waals surface area contributed by atoms with Crippen molar-refractivity contribution in [1.82, 2.24) is 10.3 Å². The van der Waals surface area contributed by atoms with Crippen LogP contribution in [0.5, 0.6) is 0 Å². The molecule has 0 saturated heterocycles. The first-order chi connectivity index (χ1) is 13.0. The molecule has 1 amide bonds. The molecule has 1 atom stereocenters. The maximum Gasteiger partial charge on any atom is 0.341 e. The van der Waals surface area contributed by atoms with Crippen LogP contribution in [-0.2, 0) is 9.53 Å². The van der Waals surface area contributed by atoms with E-state index in [4.69, 9.17) is 16.3 Å². The molecule has 0 radical (unpaired) electrons. The summed E-state index contributed by atoms with van der Waals surface area (Å²) in [6, 6.07) is 10.8. The number of nitrogens with one attached hydrogen (secondary N) is 1. The van der Waals surface area contributed by atoms with Crippen molar-refractivity contribution >= 4 is 35.2 Å². The molecule has 1 aromatic heterocycles. The van der Waals surface area contributed by atoms with E-state index in [0.717, 1.165) is 30.6 Å². The second-order valence-electron chi connectivity index (χ2n) is 6.43. The minimum absolute atomic E-state index is 0.184. The Balaban J connectivity index is 1.67. The molecule has 1 saturated carbocycles. The van der Waals surface area contributed by atoms with E-state index in [2.05, 4.69) is 10.3 Å². The van der Waals surface area contributed by atoms with E-state index in [-0.39, 0.29) is 11.9 Å². The van der Waals surface area contributed by atoms with Crippen molar-refractivity contribution in [2.24, 2.45) is 0 Å². The van der Waals surface area contributed by atoms with Crippen molar-refractivity contribution in [2.45, 2.75) is 54.7 Å². The maximum absolute atomic E-state index is 12.6. The van der Waals surface area contributed by atoms with Crippen LogP contribution in [-0.4, -0.2) is 29.0 Å². The minimum Gasteiger partial charge on any atom is -0.449 e. The second-order valence-corrected chi connectivity index (χ2v) is 7.86. The molecule has 1 aliphatic rings. The first-order valence-corrected chi connectivity index (χ1v) is 10.1. The van der Waals surface area contributed by atoms with Crippen molar-refractivity contribution in [3.05, 3.63) is 53.2 Å². The summed E-state index contributed by atoms with van der Waals surface area (Å²) >= 11 is 7.48. The van der Waals surface area contributed by atoms with Crippen molar-refractivity contribution in [3.63, 3.8) is 0 Å². The molecular formula is C20H21ClN2O3S. The number of carbonyl (C=O) groups is 2. The highest BCUT2D eigenvalue weighted by atomic mass is 35.5. The topological polar surface area (TPSA) is 68.3 Å². The third-order valence-corrected chi connectivity index (χ3v) is 5.93. The fourth-order valence-corrected chi connectivity index (χ4v) is 4.07. The molecule has 0 spiro atoms. The third kappa shape index (κ3) is 5.23. The quantitative estimate of drug-likeness (QED) is 0.718. The van der Waals surface area contributed by atoms with Crippen molar-refractivity contribution in [3.8, 4) is 0 Å². The van der Waals surface area contributed by atoms with E-state index < -0.39 is 12.1 Å². The van der Waals surface area contributed by atoms with Crippen LogP contribution in [0.4, 0.5) is 0 Å². The number of aromatic nitrogens is 1. The predicted molar refractivity (Wildman–Crippen MR) is 105 cm³/mol. The molecule has 1 heterocycles. The summed E-state index contributed by atoms with van der Waals surface area (Å²) in [6.45, 7) is 1.58. The van der Waals surface area contributed by atoms with E-state index in [1.807, 2.05) is 18.2 Å². The van der Waals surface area contributed by atoms with Gasteiger partial charge in [0.25, 0.3) is 5.91 Å². The van der Waals surface area contributed by atoms with Gasteiger partial charge in [-0.3, -0.25) is 4.79 Å². The Morgan fingerprint density at radius 2 is 1.96 bits per heavy atom. The molecule has 1 fully saturated rings. The van der Waals surface area contributed by atoms with Crippen molar-refractivity contribution in [2.75, 3.05) is 0 Å². The Kier molecular flexibility index (Phi) is 6.74. The highest BCUT2D eigenvalue weighted by molar-refractivity contribution is 7.99. The predicted octanol–water partition coefficient (Wildman–Crippen LogP) is 4.49. The summed E-state index contributed by atoms with van der Waals surface area (Å²) in [5.41, 5.74) is 0.308. The van der Waals surface area contributed by atoms with Crippen LogP contribution in [0.3, 0.4) is 0 Å². The summed E-state index contributed by atoms with van der Waals surface area (Å²) < 4.78 is 5.38. The Morgan fingerprint density at radius 1 is 1.22 bits per heavy atom. The number of amides is 1. The zero-order chi connectivity index (χ0) is 19.2. The number of ether oxygens (including phenoxy) is 1. The summed E-state index contributed by atoms with van der Waals surface area (Å²) in [5, 5.41) is 4.01. The van der Waals surface area contributed by atoms with Crippen LogP contribution in [0.2, 0.25) is 5.02 Å². The molecule has 3 rings (SSSR count). The number of hydrogen-bond donors (Lipinski definition) is 1. The van der Waals surface area contributed by atoms with E-state index >= 15 is 0 Å². The van der Waals surface area contributed by atoms with Gasteiger partial charge in [0.1, 0.15) is 5.03 Å². The first-order valence-electron chi connectivity index (χ1n) is 8.93. The summed E-state index contributed by atoms with van der Waals surface area (Å²) in [4.78, 5) is 29.9. The highest BCUT2D eigenvalue weighted by Gasteiger charge is 2.25. The number of pyridine rings is 1.